The zero-order valence-corrected chi connectivity index (χ0v) is 17.8. The van der Waals surface area contributed by atoms with Gasteiger partial charge in [0.2, 0.25) is 0 Å². The second-order valence-electron chi connectivity index (χ2n) is 7.86. The highest BCUT2D eigenvalue weighted by atomic mass is 16.3. The van der Waals surface area contributed by atoms with Crippen molar-refractivity contribution in [1.29, 1.82) is 0 Å². The Balaban J connectivity index is 2.29. The third-order valence-corrected chi connectivity index (χ3v) is 5.54. The summed E-state index contributed by atoms with van der Waals surface area (Å²) in [7, 11) is 2.12. The molecule has 0 radical (unpaired) electrons. The standard InChI is InChI=1S/C23H34N2O2/c1-8-15(2)14-25(7)19(6)22(20-13-12-18(5)27-20)24-23(26)21-16(3)10-9-11-17(21)4/h9-13,15,19,22H,8,14H2,1-7H3,(H,24,26). The van der Waals surface area contributed by atoms with Crippen LogP contribution in [0, 0.1) is 26.7 Å². The maximum absolute atomic E-state index is 13.1. The molecule has 27 heavy (non-hydrogen) atoms. The Kier molecular flexibility index (Phi) is 7.25. The molecule has 0 aliphatic rings. The summed E-state index contributed by atoms with van der Waals surface area (Å²) in [5.41, 5.74) is 2.73. The van der Waals surface area contributed by atoms with E-state index in [4.69, 9.17) is 4.42 Å². The van der Waals surface area contributed by atoms with Gasteiger partial charge < -0.3 is 14.6 Å². The SMILES string of the molecule is CCC(C)CN(C)C(C)C(NC(=O)c1c(C)cccc1C)c1ccc(C)o1. The molecule has 3 unspecified atom stereocenters. The van der Waals surface area contributed by atoms with Crippen LogP contribution in [0.15, 0.2) is 34.7 Å². The van der Waals surface area contributed by atoms with Crippen molar-refractivity contribution in [1.82, 2.24) is 10.2 Å². The maximum Gasteiger partial charge on any atom is 0.252 e. The summed E-state index contributed by atoms with van der Waals surface area (Å²) in [6.45, 7) is 13.5. The van der Waals surface area contributed by atoms with Crippen LogP contribution in [0.3, 0.4) is 0 Å². The van der Waals surface area contributed by atoms with Gasteiger partial charge in [0.25, 0.3) is 5.91 Å². The zero-order chi connectivity index (χ0) is 20.1. The number of carbonyl (C=O) groups is 1. The van der Waals surface area contributed by atoms with Crippen molar-refractivity contribution in [2.75, 3.05) is 13.6 Å². The Morgan fingerprint density at radius 2 is 1.74 bits per heavy atom. The predicted molar refractivity (Wildman–Crippen MR) is 111 cm³/mol. The van der Waals surface area contributed by atoms with E-state index in [1.54, 1.807) is 0 Å². The fraction of sp³-hybridized carbons (Fsp3) is 0.522. The molecule has 0 bridgehead atoms. The molecule has 2 rings (SSSR count). The highest BCUT2D eigenvalue weighted by molar-refractivity contribution is 5.97. The van der Waals surface area contributed by atoms with Crippen LogP contribution in [0.4, 0.5) is 0 Å². The number of aryl methyl sites for hydroxylation is 3. The molecule has 4 nitrogen and oxygen atoms in total. The van der Waals surface area contributed by atoms with Gasteiger partial charge in [0.15, 0.2) is 0 Å². The van der Waals surface area contributed by atoms with Crippen LogP contribution in [0.5, 0.6) is 0 Å². The van der Waals surface area contributed by atoms with E-state index in [1.165, 1.54) is 0 Å². The Morgan fingerprint density at radius 3 is 2.26 bits per heavy atom. The van der Waals surface area contributed by atoms with E-state index < -0.39 is 0 Å². The molecule has 1 N–H and O–H groups in total. The minimum Gasteiger partial charge on any atom is -0.464 e. The predicted octanol–water partition coefficient (Wildman–Crippen LogP) is 5.04. The highest BCUT2D eigenvalue weighted by Gasteiger charge is 2.28. The molecular weight excluding hydrogens is 336 g/mol. The molecule has 1 aromatic heterocycles. The smallest absolute Gasteiger partial charge is 0.252 e. The third kappa shape index (κ3) is 5.23. The highest BCUT2D eigenvalue weighted by Crippen LogP contribution is 2.25. The van der Waals surface area contributed by atoms with Crippen molar-refractivity contribution >= 4 is 5.91 Å². The molecule has 0 fully saturated rings. The second-order valence-corrected chi connectivity index (χ2v) is 7.86. The third-order valence-electron chi connectivity index (χ3n) is 5.54. The number of carbonyl (C=O) groups excluding carboxylic acids is 1. The number of amides is 1. The first-order valence-electron chi connectivity index (χ1n) is 9.88. The van der Waals surface area contributed by atoms with Crippen molar-refractivity contribution in [3.05, 3.63) is 58.5 Å². The molecule has 1 amide bonds. The first kappa shape index (κ1) is 21.2. The number of hydrogen-bond acceptors (Lipinski definition) is 3. The monoisotopic (exact) mass is 370 g/mol. The van der Waals surface area contributed by atoms with Crippen LogP contribution in [0.2, 0.25) is 0 Å². The van der Waals surface area contributed by atoms with Crippen LogP contribution >= 0.6 is 0 Å². The van der Waals surface area contributed by atoms with Gasteiger partial charge in [0, 0.05) is 18.2 Å². The molecule has 1 heterocycles. The van der Waals surface area contributed by atoms with E-state index in [1.807, 2.05) is 51.1 Å². The molecular formula is C23H34N2O2. The topological polar surface area (TPSA) is 45.5 Å². The molecule has 4 heteroatoms. The van der Waals surface area contributed by atoms with E-state index in [0.717, 1.165) is 41.2 Å². The van der Waals surface area contributed by atoms with E-state index >= 15 is 0 Å². The normalized spacial score (nSPS) is 14.8. The summed E-state index contributed by atoms with van der Waals surface area (Å²) in [6, 6.07) is 9.76. The van der Waals surface area contributed by atoms with E-state index in [2.05, 4.69) is 38.0 Å². The van der Waals surface area contributed by atoms with E-state index in [0.29, 0.717) is 5.92 Å². The number of nitrogens with one attached hydrogen (secondary N) is 1. The maximum atomic E-state index is 13.1. The van der Waals surface area contributed by atoms with Crippen molar-refractivity contribution in [3.8, 4) is 0 Å². The van der Waals surface area contributed by atoms with Gasteiger partial charge in [-0.05, 0) is 63.9 Å². The summed E-state index contributed by atoms with van der Waals surface area (Å²) in [5, 5.41) is 3.24. The van der Waals surface area contributed by atoms with Crippen LogP contribution < -0.4 is 5.32 Å². The number of furan rings is 1. The first-order valence-corrected chi connectivity index (χ1v) is 9.88. The second kappa shape index (κ2) is 9.23. The van der Waals surface area contributed by atoms with Gasteiger partial charge in [-0.3, -0.25) is 4.79 Å². The Labute approximate surface area is 163 Å². The number of nitrogens with zero attached hydrogens (tertiary/aromatic N) is 1. The largest absolute Gasteiger partial charge is 0.464 e. The molecule has 0 aliphatic heterocycles. The van der Waals surface area contributed by atoms with Gasteiger partial charge in [-0.15, -0.1) is 0 Å². The van der Waals surface area contributed by atoms with Gasteiger partial charge in [-0.2, -0.15) is 0 Å². The lowest BCUT2D eigenvalue weighted by Gasteiger charge is -2.33. The Morgan fingerprint density at radius 1 is 1.11 bits per heavy atom. The van der Waals surface area contributed by atoms with Crippen molar-refractivity contribution in [2.24, 2.45) is 5.92 Å². The van der Waals surface area contributed by atoms with Gasteiger partial charge in [-0.1, -0.05) is 38.5 Å². The van der Waals surface area contributed by atoms with Crippen LogP contribution in [0.25, 0.3) is 0 Å². The summed E-state index contributed by atoms with van der Waals surface area (Å²) < 4.78 is 5.90. The fourth-order valence-corrected chi connectivity index (χ4v) is 3.48. The van der Waals surface area contributed by atoms with Gasteiger partial charge in [0.1, 0.15) is 17.6 Å². The molecule has 1 aromatic carbocycles. The minimum atomic E-state index is -0.209. The molecule has 0 saturated carbocycles. The lowest BCUT2D eigenvalue weighted by molar-refractivity contribution is 0.0885. The van der Waals surface area contributed by atoms with Gasteiger partial charge in [0.05, 0.1) is 0 Å². The van der Waals surface area contributed by atoms with Crippen molar-refractivity contribution in [2.45, 2.75) is 60.0 Å². The molecule has 0 saturated heterocycles. The molecule has 2 aromatic rings. The van der Waals surface area contributed by atoms with Gasteiger partial charge in [-0.25, -0.2) is 0 Å². The first-order chi connectivity index (χ1) is 12.7. The van der Waals surface area contributed by atoms with Gasteiger partial charge >= 0.3 is 0 Å². The summed E-state index contributed by atoms with van der Waals surface area (Å²) in [4.78, 5) is 15.4. The Hall–Kier alpha value is -2.07. The van der Waals surface area contributed by atoms with Crippen molar-refractivity contribution < 1.29 is 9.21 Å². The van der Waals surface area contributed by atoms with E-state index in [-0.39, 0.29) is 18.0 Å². The average Bonchev–Trinajstić information content (AvgIpc) is 3.04. The Bertz CT molecular complexity index is 745. The summed E-state index contributed by atoms with van der Waals surface area (Å²) in [5.74, 6) is 2.21. The number of likely N-dealkylation sites (N-methyl/N-ethyl adjacent to an activating group) is 1. The average molecular weight is 371 g/mol. The minimum absolute atomic E-state index is 0.0477. The fourth-order valence-electron chi connectivity index (χ4n) is 3.48. The lowest BCUT2D eigenvalue weighted by atomic mass is 9.99. The number of rotatable bonds is 8. The van der Waals surface area contributed by atoms with Crippen molar-refractivity contribution in [3.63, 3.8) is 0 Å². The quantitative estimate of drug-likeness (QED) is 0.708. The summed E-state index contributed by atoms with van der Waals surface area (Å²) >= 11 is 0. The van der Waals surface area contributed by atoms with E-state index in [9.17, 15) is 4.79 Å². The number of hydrogen-bond donors (Lipinski definition) is 1. The zero-order valence-electron chi connectivity index (χ0n) is 17.8. The number of benzene rings is 1. The van der Waals surface area contributed by atoms with Crippen LogP contribution in [0.1, 0.15) is 66.2 Å². The van der Waals surface area contributed by atoms with Crippen LogP contribution in [-0.4, -0.2) is 30.4 Å². The van der Waals surface area contributed by atoms with Crippen LogP contribution in [-0.2, 0) is 0 Å². The molecule has 0 spiro atoms. The lowest BCUT2D eigenvalue weighted by Crippen LogP contribution is -2.44. The summed E-state index contributed by atoms with van der Waals surface area (Å²) in [6.07, 6.45) is 1.14. The molecule has 148 valence electrons. The molecule has 0 aliphatic carbocycles. The molecule has 3 atom stereocenters.